The van der Waals surface area contributed by atoms with E-state index in [0.29, 0.717) is 11.8 Å². The van der Waals surface area contributed by atoms with E-state index < -0.39 is 0 Å². The zero-order valence-corrected chi connectivity index (χ0v) is 14.6. The van der Waals surface area contributed by atoms with Crippen molar-refractivity contribution in [1.29, 1.82) is 0 Å². The van der Waals surface area contributed by atoms with Crippen molar-refractivity contribution in [2.45, 2.75) is 39.5 Å². The van der Waals surface area contributed by atoms with Crippen molar-refractivity contribution in [3.63, 3.8) is 0 Å². The summed E-state index contributed by atoms with van der Waals surface area (Å²) in [6.07, 6.45) is 0. The van der Waals surface area contributed by atoms with E-state index in [9.17, 15) is 0 Å². The third-order valence-corrected chi connectivity index (χ3v) is 5.40. The maximum absolute atomic E-state index is 5.99. The minimum absolute atomic E-state index is 0.344. The second kappa shape index (κ2) is 5.49. The van der Waals surface area contributed by atoms with E-state index in [-0.39, 0.29) is 0 Å². The molecular weight excluding hydrogens is 324 g/mol. The van der Waals surface area contributed by atoms with Crippen LogP contribution in [0.25, 0.3) is 0 Å². The molecule has 0 aliphatic carbocycles. The summed E-state index contributed by atoms with van der Waals surface area (Å²) in [6, 6.07) is 11.2. The molecule has 21 heavy (non-hydrogen) atoms. The number of halogens is 1. The van der Waals surface area contributed by atoms with Gasteiger partial charge in [0.25, 0.3) is 0 Å². The largest absolute Gasteiger partial charge is 0.492 e. The van der Waals surface area contributed by atoms with Gasteiger partial charge in [0.2, 0.25) is 0 Å². The summed E-state index contributed by atoms with van der Waals surface area (Å²) in [4.78, 5) is 0. The molecule has 110 valence electrons. The maximum Gasteiger partial charge on any atom is 0.126 e. The minimum atomic E-state index is 0.344. The Labute approximate surface area is 135 Å². The smallest absolute Gasteiger partial charge is 0.126 e. The lowest BCUT2D eigenvalue weighted by Gasteiger charge is -2.13. The van der Waals surface area contributed by atoms with E-state index in [1.54, 1.807) is 0 Å². The van der Waals surface area contributed by atoms with E-state index in [1.165, 1.54) is 32.3 Å². The van der Waals surface area contributed by atoms with Gasteiger partial charge in [-0.2, -0.15) is 0 Å². The number of rotatable bonds is 2. The van der Waals surface area contributed by atoms with Crippen LogP contribution in [0.15, 0.2) is 34.8 Å². The Morgan fingerprint density at radius 2 is 1.76 bits per heavy atom. The van der Waals surface area contributed by atoms with Gasteiger partial charge in [0, 0.05) is 16.0 Å². The molecule has 1 unspecified atom stereocenters. The highest BCUT2D eigenvalue weighted by molar-refractivity contribution is 9.10. The van der Waals surface area contributed by atoms with Crippen LogP contribution in [0, 0.1) is 13.8 Å². The van der Waals surface area contributed by atoms with Gasteiger partial charge in [0.15, 0.2) is 0 Å². The second-order valence-corrected chi connectivity index (χ2v) is 7.07. The van der Waals surface area contributed by atoms with Gasteiger partial charge >= 0.3 is 0 Å². The Morgan fingerprint density at radius 1 is 1.10 bits per heavy atom. The van der Waals surface area contributed by atoms with Crippen LogP contribution in [0.5, 0.6) is 5.75 Å². The van der Waals surface area contributed by atoms with Gasteiger partial charge < -0.3 is 4.74 Å². The first-order valence-corrected chi connectivity index (χ1v) is 8.30. The average Bonchev–Trinajstić information content (AvgIpc) is 2.88. The molecule has 2 aromatic rings. The Kier molecular flexibility index (Phi) is 3.83. The molecule has 1 atom stereocenters. The second-order valence-electron chi connectivity index (χ2n) is 6.21. The topological polar surface area (TPSA) is 9.23 Å². The van der Waals surface area contributed by atoms with Gasteiger partial charge in [0.1, 0.15) is 5.75 Å². The normalized spacial score (nSPS) is 17.0. The summed E-state index contributed by atoms with van der Waals surface area (Å²) in [5.74, 6) is 2.00. The average molecular weight is 345 g/mol. The van der Waals surface area contributed by atoms with Crippen LogP contribution in [-0.4, -0.2) is 6.61 Å². The predicted octanol–water partition coefficient (Wildman–Crippen LogP) is 5.71. The fourth-order valence-electron chi connectivity index (χ4n) is 2.97. The highest BCUT2D eigenvalue weighted by Gasteiger charge is 2.28. The molecular formula is C19H21BrO. The van der Waals surface area contributed by atoms with Crippen LogP contribution >= 0.6 is 15.9 Å². The fraction of sp³-hybridized carbons (Fsp3) is 0.368. The van der Waals surface area contributed by atoms with Gasteiger partial charge in [-0.3, -0.25) is 0 Å². The summed E-state index contributed by atoms with van der Waals surface area (Å²) in [7, 11) is 0. The number of ether oxygens (including phenoxy) is 1. The van der Waals surface area contributed by atoms with Crippen molar-refractivity contribution in [2.24, 2.45) is 0 Å². The molecule has 1 heterocycles. The quantitative estimate of drug-likeness (QED) is 0.677. The van der Waals surface area contributed by atoms with Crippen LogP contribution in [0.3, 0.4) is 0 Å². The van der Waals surface area contributed by atoms with Gasteiger partial charge in [0.05, 0.1) is 6.61 Å². The van der Waals surface area contributed by atoms with Gasteiger partial charge in [-0.05, 0) is 48.1 Å². The van der Waals surface area contributed by atoms with Gasteiger partial charge in [-0.15, -0.1) is 0 Å². The van der Waals surface area contributed by atoms with Crippen LogP contribution in [0.4, 0.5) is 0 Å². The molecule has 0 radical (unpaired) electrons. The van der Waals surface area contributed by atoms with Crippen molar-refractivity contribution in [3.05, 3.63) is 62.6 Å². The maximum atomic E-state index is 5.99. The molecule has 0 aromatic heterocycles. The number of fused-ring (bicyclic) bond motifs is 1. The van der Waals surface area contributed by atoms with Crippen LogP contribution in [-0.2, 0) is 0 Å². The Hall–Kier alpha value is -1.28. The summed E-state index contributed by atoms with van der Waals surface area (Å²) in [5.41, 5.74) is 6.56. The summed E-state index contributed by atoms with van der Waals surface area (Å²) in [5, 5.41) is 0. The molecule has 0 N–H and O–H groups in total. The molecule has 0 saturated carbocycles. The standard InChI is InChI=1S/C19H21BrO/c1-11(2)14-5-7-15(8-6-14)17-10-21-19-13(4)12(3)18(20)9-16(17)19/h5-9,11,17H,10H2,1-4H3. The Balaban J connectivity index is 2.01. The van der Waals surface area contributed by atoms with Gasteiger partial charge in [-0.25, -0.2) is 0 Å². The third-order valence-electron chi connectivity index (χ3n) is 4.58. The highest BCUT2D eigenvalue weighted by Crippen LogP contribution is 2.43. The molecule has 0 bridgehead atoms. The van der Waals surface area contributed by atoms with Gasteiger partial charge in [-0.1, -0.05) is 54.0 Å². The monoisotopic (exact) mass is 344 g/mol. The van der Waals surface area contributed by atoms with Crippen LogP contribution < -0.4 is 4.74 Å². The lowest BCUT2D eigenvalue weighted by atomic mass is 9.90. The summed E-state index contributed by atoms with van der Waals surface area (Å²) in [6.45, 7) is 9.47. The van der Waals surface area contributed by atoms with Crippen molar-refractivity contribution < 1.29 is 4.74 Å². The van der Waals surface area contributed by atoms with E-state index >= 15 is 0 Å². The molecule has 1 aliphatic heterocycles. The lowest BCUT2D eigenvalue weighted by molar-refractivity contribution is 0.341. The molecule has 1 aliphatic rings. The first kappa shape index (κ1) is 14.6. The van der Waals surface area contributed by atoms with Crippen molar-refractivity contribution >= 4 is 15.9 Å². The molecule has 2 aromatic carbocycles. The first-order chi connectivity index (χ1) is 9.99. The predicted molar refractivity (Wildman–Crippen MR) is 91.5 cm³/mol. The van der Waals surface area contributed by atoms with E-state index in [2.05, 4.69) is 74.0 Å². The molecule has 1 nitrogen and oxygen atoms in total. The molecule has 0 amide bonds. The number of hydrogen-bond acceptors (Lipinski definition) is 1. The SMILES string of the molecule is Cc1c(Br)cc2c(c1C)OCC2c1ccc(C(C)C)cc1. The van der Waals surface area contributed by atoms with E-state index in [1.807, 2.05) is 0 Å². The Morgan fingerprint density at radius 3 is 2.38 bits per heavy atom. The highest BCUT2D eigenvalue weighted by atomic mass is 79.9. The minimum Gasteiger partial charge on any atom is -0.492 e. The number of hydrogen-bond donors (Lipinski definition) is 0. The first-order valence-electron chi connectivity index (χ1n) is 7.51. The fourth-order valence-corrected chi connectivity index (χ4v) is 3.52. The van der Waals surface area contributed by atoms with E-state index in [4.69, 9.17) is 4.74 Å². The van der Waals surface area contributed by atoms with Crippen molar-refractivity contribution in [2.75, 3.05) is 6.61 Å². The third kappa shape index (κ3) is 2.50. The molecule has 0 fully saturated rings. The van der Waals surface area contributed by atoms with Crippen molar-refractivity contribution in [1.82, 2.24) is 0 Å². The molecule has 0 spiro atoms. The van der Waals surface area contributed by atoms with E-state index in [0.717, 1.165) is 12.4 Å². The molecule has 2 heteroatoms. The molecule has 3 rings (SSSR count). The van der Waals surface area contributed by atoms with Crippen LogP contribution in [0.1, 0.15) is 53.5 Å². The lowest BCUT2D eigenvalue weighted by Crippen LogP contribution is -2.02. The summed E-state index contributed by atoms with van der Waals surface area (Å²) >= 11 is 3.67. The Bertz CT molecular complexity index is 671. The zero-order valence-electron chi connectivity index (χ0n) is 13.0. The zero-order chi connectivity index (χ0) is 15.1. The van der Waals surface area contributed by atoms with Crippen LogP contribution in [0.2, 0.25) is 0 Å². The number of benzene rings is 2. The molecule has 0 saturated heterocycles. The van der Waals surface area contributed by atoms with Crippen molar-refractivity contribution in [3.8, 4) is 5.75 Å². The summed E-state index contributed by atoms with van der Waals surface area (Å²) < 4.78 is 7.16.